The number of benzene rings is 1. The number of methoxy groups -OCH3 is 1. The Morgan fingerprint density at radius 1 is 1.50 bits per heavy atom. The molecule has 1 N–H and O–H groups in total. The number of aliphatic hydroxyl groups is 1. The van der Waals surface area contributed by atoms with Crippen LogP contribution in [0.3, 0.4) is 0 Å². The van der Waals surface area contributed by atoms with Crippen molar-refractivity contribution in [2.24, 2.45) is 0 Å². The Balaban J connectivity index is 2.33. The first kappa shape index (κ1) is 10.2. The van der Waals surface area contributed by atoms with E-state index in [4.69, 9.17) is 9.15 Å². The van der Waals surface area contributed by atoms with Gasteiger partial charge in [0, 0.05) is 15.4 Å². The van der Waals surface area contributed by atoms with Gasteiger partial charge in [0.05, 0.1) is 19.0 Å². The lowest BCUT2D eigenvalue weighted by Crippen LogP contribution is -2.05. The highest BCUT2D eigenvalue weighted by atomic mass is 79.9. The van der Waals surface area contributed by atoms with E-state index in [9.17, 15) is 5.11 Å². The maximum atomic E-state index is 10.2. The highest BCUT2D eigenvalue weighted by Gasteiger charge is 2.44. The van der Waals surface area contributed by atoms with E-state index >= 15 is 0 Å². The second-order valence-electron chi connectivity index (χ2n) is 4.14. The summed E-state index contributed by atoms with van der Waals surface area (Å²) in [5.41, 5.74) is 0.915. The minimum absolute atomic E-state index is 0.665. The van der Waals surface area contributed by atoms with Gasteiger partial charge in [-0.2, -0.15) is 0 Å². The van der Waals surface area contributed by atoms with Crippen molar-refractivity contribution in [3.8, 4) is 5.75 Å². The maximum Gasteiger partial charge on any atom is 0.176 e. The van der Waals surface area contributed by atoms with Gasteiger partial charge in [-0.15, -0.1) is 0 Å². The molecule has 0 radical (unpaired) electrons. The summed E-state index contributed by atoms with van der Waals surface area (Å²) in [6.45, 7) is 0. The Morgan fingerprint density at radius 2 is 2.25 bits per heavy atom. The van der Waals surface area contributed by atoms with Crippen molar-refractivity contribution in [1.29, 1.82) is 0 Å². The topological polar surface area (TPSA) is 42.6 Å². The van der Waals surface area contributed by atoms with Crippen LogP contribution < -0.4 is 4.74 Å². The van der Waals surface area contributed by atoms with Gasteiger partial charge in [-0.3, -0.25) is 0 Å². The number of furan rings is 1. The Morgan fingerprint density at radius 3 is 2.88 bits per heavy atom. The van der Waals surface area contributed by atoms with Gasteiger partial charge in [0.25, 0.3) is 0 Å². The van der Waals surface area contributed by atoms with E-state index in [1.165, 1.54) is 0 Å². The van der Waals surface area contributed by atoms with E-state index in [2.05, 4.69) is 15.9 Å². The lowest BCUT2D eigenvalue weighted by molar-refractivity contribution is 0.150. The summed E-state index contributed by atoms with van der Waals surface area (Å²) in [4.78, 5) is 0. The first-order chi connectivity index (χ1) is 7.65. The minimum atomic E-state index is -0.683. The summed E-state index contributed by atoms with van der Waals surface area (Å²) >= 11 is 3.52. The quantitative estimate of drug-likeness (QED) is 0.920. The van der Waals surface area contributed by atoms with Crippen LogP contribution in [0, 0.1) is 0 Å². The zero-order valence-electron chi connectivity index (χ0n) is 8.79. The average Bonchev–Trinajstić information content (AvgIpc) is 2.82. The Kier molecular flexibility index (Phi) is 2.06. The van der Waals surface area contributed by atoms with Gasteiger partial charge in [0.2, 0.25) is 0 Å². The molecule has 2 aromatic rings. The van der Waals surface area contributed by atoms with E-state index in [-0.39, 0.29) is 0 Å². The molecule has 1 aliphatic rings. The zero-order valence-corrected chi connectivity index (χ0v) is 10.4. The Hall–Kier alpha value is -1.00. The SMILES string of the molecule is COc1cc(C2(O)CC2)c(Br)c2ccoc12. The number of hydrogen-bond donors (Lipinski definition) is 1. The number of fused-ring (bicyclic) bond motifs is 1. The molecule has 84 valence electrons. The van der Waals surface area contributed by atoms with Crippen LogP contribution in [0.15, 0.2) is 27.3 Å². The van der Waals surface area contributed by atoms with E-state index in [1.54, 1.807) is 13.4 Å². The number of hydrogen-bond acceptors (Lipinski definition) is 3. The summed E-state index contributed by atoms with van der Waals surface area (Å²) in [5.74, 6) is 0.665. The molecule has 1 aromatic heterocycles. The van der Waals surface area contributed by atoms with Crippen LogP contribution in [0.1, 0.15) is 18.4 Å². The number of halogens is 1. The second-order valence-corrected chi connectivity index (χ2v) is 4.93. The molecule has 0 amide bonds. The van der Waals surface area contributed by atoms with Gasteiger partial charge in [-0.05, 0) is 40.9 Å². The minimum Gasteiger partial charge on any atom is -0.493 e. The molecule has 4 heteroatoms. The molecule has 1 aromatic carbocycles. The lowest BCUT2D eigenvalue weighted by atomic mass is 10.1. The molecule has 16 heavy (non-hydrogen) atoms. The van der Waals surface area contributed by atoms with Crippen molar-refractivity contribution in [2.45, 2.75) is 18.4 Å². The van der Waals surface area contributed by atoms with Crippen LogP contribution in [0.2, 0.25) is 0 Å². The fourth-order valence-electron chi connectivity index (χ4n) is 1.96. The molecule has 3 rings (SSSR count). The van der Waals surface area contributed by atoms with Crippen molar-refractivity contribution in [2.75, 3.05) is 7.11 Å². The fourth-order valence-corrected chi connectivity index (χ4v) is 2.75. The Labute approximate surface area is 101 Å². The standard InChI is InChI=1S/C12H11BrO3/c1-15-9-6-8(12(14)3-4-12)10(13)7-2-5-16-11(7)9/h2,5-6,14H,3-4H2,1H3. The lowest BCUT2D eigenvalue weighted by Gasteiger charge is -2.13. The maximum absolute atomic E-state index is 10.2. The third-order valence-electron chi connectivity index (χ3n) is 3.08. The highest BCUT2D eigenvalue weighted by Crippen LogP contribution is 2.51. The smallest absolute Gasteiger partial charge is 0.176 e. The summed E-state index contributed by atoms with van der Waals surface area (Å²) < 4.78 is 11.6. The van der Waals surface area contributed by atoms with Gasteiger partial charge >= 0.3 is 0 Å². The van der Waals surface area contributed by atoms with Gasteiger partial charge in [-0.25, -0.2) is 0 Å². The predicted octanol–water partition coefficient (Wildman–Crippen LogP) is 3.19. The van der Waals surface area contributed by atoms with Crippen molar-refractivity contribution in [1.82, 2.24) is 0 Å². The van der Waals surface area contributed by atoms with Crippen LogP contribution in [-0.2, 0) is 5.60 Å². The largest absolute Gasteiger partial charge is 0.493 e. The molecule has 1 fully saturated rings. The van der Waals surface area contributed by atoms with Crippen molar-refractivity contribution < 1.29 is 14.3 Å². The van der Waals surface area contributed by atoms with Crippen LogP contribution in [0.25, 0.3) is 11.0 Å². The molecule has 0 spiro atoms. The van der Waals surface area contributed by atoms with Crippen LogP contribution in [0.4, 0.5) is 0 Å². The molecule has 1 saturated carbocycles. The molecule has 1 heterocycles. The van der Waals surface area contributed by atoms with E-state index in [0.717, 1.165) is 28.3 Å². The monoisotopic (exact) mass is 282 g/mol. The first-order valence-corrected chi connectivity index (χ1v) is 5.91. The van der Waals surface area contributed by atoms with Crippen molar-refractivity contribution in [3.63, 3.8) is 0 Å². The molecule has 0 aliphatic heterocycles. The van der Waals surface area contributed by atoms with Crippen LogP contribution >= 0.6 is 15.9 Å². The number of ether oxygens (including phenoxy) is 1. The number of rotatable bonds is 2. The third kappa shape index (κ3) is 1.30. The predicted molar refractivity (Wildman–Crippen MR) is 63.6 cm³/mol. The van der Waals surface area contributed by atoms with E-state index in [0.29, 0.717) is 11.3 Å². The van der Waals surface area contributed by atoms with E-state index < -0.39 is 5.60 Å². The summed E-state index contributed by atoms with van der Waals surface area (Å²) in [7, 11) is 1.60. The molecule has 3 nitrogen and oxygen atoms in total. The molecular formula is C12H11BrO3. The fraction of sp³-hybridized carbons (Fsp3) is 0.333. The molecule has 1 aliphatic carbocycles. The summed E-state index contributed by atoms with van der Waals surface area (Å²) in [6, 6.07) is 3.72. The van der Waals surface area contributed by atoms with E-state index in [1.807, 2.05) is 12.1 Å². The zero-order chi connectivity index (χ0) is 11.3. The second kappa shape index (κ2) is 3.25. The van der Waals surface area contributed by atoms with Crippen molar-refractivity contribution in [3.05, 3.63) is 28.4 Å². The normalized spacial score (nSPS) is 17.7. The summed E-state index contributed by atoms with van der Waals surface area (Å²) in [6.07, 6.45) is 3.23. The molecule has 0 unspecified atom stereocenters. The molecule has 0 bridgehead atoms. The first-order valence-electron chi connectivity index (χ1n) is 5.12. The van der Waals surface area contributed by atoms with Gasteiger partial charge < -0.3 is 14.3 Å². The molecule has 0 saturated heterocycles. The molecular weight excluding hydrogens is 272 g/mol. The molecule has 0 atom stereocenters. The van der Waals surface area contributed by atoms with Gasteiger partial charge in [-0.1, -0.05) is 0 Å². The van der Waals surface area contributed by atoms with Crippen LogP contribution in [-0.4, -0.2) is 12.2 Å². The summed E-state index contributed by atoms with van der Waals surface area (Å²) in [5, 5.41) is 11.1. The third-order valence-corrected chi connectivity index (χ3v) is 3.94. The van der Waals surface area contributed by atoms with Crippen molar-refractivity contribution >= 4 is 26.9 Å². The highest BCUT2D eigenvalue weighted by molar-refractivity contribution is 9.10. The van der Waals surface area contributed by atoms with Gasteiger partial charge in [0.15, 0.2) is 11.3 Å². The Bertz CT molecular complexity index is 555. The van der Waals surface area contributed by atoms with Crippen LogP contribution in [0.5, 0.6) is 5.75 Å². The van der Waals surface area contributed by atoms with Gasteiger partial charge in [0.1, 0.15) is 0 Å². The average molecular weight is 283 g/mol.